The average Bonchev–Trinajstić information content (AvgIpc) is 2.92. The Bertz CT molecular complexity index is 1530. The van der Waals surface area contributed by atoms with E-state index in [9.17, 15) is 14.2 Å². The van der Waals surface area contributed by atoms with Crippen molar-refractivity contribution in [2.24, 2.45) is 0 Å². The van der Waals surface area contributed by atoms with Crippen LogP contribution in [-0.2, 0) is 27.9 Å². The van der Waals surface area contributed by atoms with Crippen molar-refractivity contribution < 1.29 is 27.9 Å². The molecular formula is C30H30NO6P. The number of esters is 1. The minimum atomic E-state index is -3.95. The minimum absolute atomic E-state index is 0.106. The highest BCUT2D eigenvalue weighted by molar-refractivity contribution is 7.55. The molecule has 0 spiro atoms. The number of methoxy groups -OCH3 is 1. The van der Waals surface area contributed by atoms with Crippen LogP contribution in [0.1, 0.15) is 30.6 Å². The van der Waals surface area contributed by atoms with Gasteiger partial charge in [0.25, 0.3) is 0 Å². The first-order valence-corrected chi connectivity index (χ1v) is 14.0. The van der Waals surface area contributed by atoms with E-state index in [-0.39, 0.29) is 13.2 Å². The molecule has 0 heterocycles. The van der Waals surface area contributed by atoms with Crippen LogP contribution in [0.4, 0.5) is 5.69 Å². The van der Waals surface area contributed by atoms with Crippen LogP contribution in [0.15, 0.2) is 84.9 Å². The van der Waals surface area contributed by atoms with Gasteiger partial charge in [0.15, 0.2) is 5.66 Å². The molecule has 7 nitrogen and oxygen atoms in total. The molecule has 1 atom stereocenters. The Morgan fingerprint density at radius 2 is 1.47 bits per heavy atom. The van der Waals surface area contributed by atoms with Crippen molar-refractivity contribution in [2.75, 3.05) is 25.6 Å². The van der Waals surface area contributed by atoms with Gasteiger partial charge in [-0.1, -0.05) is 66.7 Å². The number of hydrogen-bond acceptors (Lipinski definition) is 6. The number of carbonyl (C=O) groups excluding carboxylic acids is 2. The zero-order chi connectivity index (χ0) is 27.1. The first-order chi connectivity index (χ1) is 18.4. The van der Waals surface area contributed by atoms with Gasteiger partial charge in [0.1, 0.15) is 0 Å². The molecule has 4 rings (SSSR count). The van der Waals surface area contributed by atoms with E-state index in [1.54, 1.807) is 26.0 Å². The first kappa shape index (κ1) is 27.3. The van der Waals surface area contributed by atoms with Crippen molar-refractivity contribution in [3.63, 3.8) is 0 Å². The number of anilines is 1. The molecule has 1 unspecified atom stereocenters. The predicted octanol–water partition coefficient (Wildman–Crippen LogP) is 7.13. The van der Waals surface area contributed by atoms with Crippen molar-refractivity contribution in [3.05, 3.63) is 96.1 Å². The van der Waals surface area contributed by atoms with Crippen LogP contribution in [-0.4, -0.2) is 32.2 Å². The quantitative estimate of drug-likeness (QED) is 0.133. The summed E-state index contributed by atoms with van der Waals surface area (Å²) in [5.41, 5.74) is 0.330. The Balaban J connectivity index is 1.86. The van der Waals surface area contributed by atoms with Gasteiger partial charge in [-0.2, -0.15) is 0 Å². The van der Waals surface area contributed by atoms with Crippen molar-refractivity contribution in [1.29, 1.82) is 0 Å². The van der Waals surface area contributed by atoms with Crippen molar-refractivity contribution in [1.82, 2.24) is 0 Å². The molecule has 0 radical (unpaired) electrons. The fourth-order valence-electron chi connectivity index (χ4n) is 4.42. The van der Waals surface area contributed by atoms with Crippen molar-refractivity contribution >= 4 is 52.8 Å². The van der Waals surface area contributed by atoms with Crippen LogP contribution in [0.2, 0.25) is 0 Å². The topological polar surface area (TPSA) is 90.9 Å². The van der Waals surface area contributed by atoms with E-state index in [2.05, 4.69) is 5.32 Å². The molecule has 196 valence electrons. The molecule has 4 aromatic rings. The maximum Gasteiger partial charge on any atom is 0.347 e. The molecule has 4 aromatic carbocycles. The van der Waals surface area contributed by atoms with Gasteiger partial charge in [-0.05, 0) is 64.7 Å². The summed E-state index contributed by atoms with van der Waals surface area (Å²) in [6.45, 7) is 3.63. The van der Waals surface area contributed by atoms with E-state index in [0.717, 1.165) is 21.5 Å². The molecule has 0 aliphatic heterocycles. The molecule has 0 aliphatic carbocycles. The molecular weight excluding hydrogens is 501 g/mol. The number of fused-ring (bicyclic) bond motifs is 2. The summed E-state index contributed by atoms with van der Waals surface area (Å²) in [7, 11) is -2.66. The summed E-state index contributed by atoms with van der Waals surface area (Å²) in [6, 6.07) is 24.5. The standard InChI is InChI=1S/C30H30NO6P/c1-4-36-38(34,37-5-2)29(26-16-10-14-21-11-8-9-15-25(21)26)30(33)31-27-20-23-13-7-6-12-22(23)19-24(27)17-18-28(32)35-3/h6-20,29H,4-5H2,1-3H3,(H,31,33)/b18-17+. The van der Waals surface area contributed by atoms with Crippen LogP contribution >= 0.6 is 7.60 Å². The second-order valence-electron chi connectivity index (χ2n) is 8.48. The summed E-state index contributed by atoms with van der Waals surface area (Å²) in [4.78, 5) is 25.9. The van der Waals surface area contributed by atoms with Crippen LogP contribution in [0.25, 0.3) is 27.6 Å². The summed E-state index contributed by atoms with van der Waals surface area (Å²) in [5, 5.41) is 6.44. The maximum atomic E-state index is 14.2. The third kappa shape index (κ3) is 5.86. The van der Waals surface area contributed by atoms with E-state index in [0.29, 0.717) is 16.8 Å². The lowest BCUT2D eigenvalue weighted by Gasteiger charge is -2.27. The Labute approximate surface area is 221 Å². The highest BCUT2D eigenvalue weighted by Gasteiger charge is 2.43. The Hall–Kier alpha value is -3.77. The van der Waals surface area contributed by atoms with E-state index >= 15 is 0 Å². The molecule has 0 aromatic heterocycles. The number of hydrogen-bond donors (Lipinski definition) is 1. The molecule has 38 heavy (non-hydrogen) atoms. The normalized spacial score (nSPS) is 12.6. The van der Waals surface area contributed by atoms with Gasteiger partial charge >= 0.3 is 13.6 Å². The Morgan fingerprint density at radius 1 is 0.868 bits per heavy atom. The fraction of sp³-hybridized carbons (Fsp3) is 0.200. The van der Waals surface area contributed by atoms with Gasteiger partial charge < -0.3 is 19.1 Å². The smallest absolute Gasteiger partial charge is 0.347 e. The summed E-state index contributed by atoms with van der Waals surface area (Å²) in [6.07, 6.45) is 2.86. The SMILES string of the molecule is CCOP(=O)(OCC)C(C(=O)Nc1cc2ccccc2cc1/C=C/C(=O)OC)c1cccc2ccccc12. The zero-order valence-electron chi connectivity index (χ0n) is 21.5. The zero-order valence-corrected chi connectivity index (χ0v) is 22.4. The van der Waals surface area contributed by atoms with Gasteiger partial charge in [-0.15, -0.1) is 0 Å². The van der Waals surface area contributed by atoms with Gasteiger partial charge in [0.2, 0.25) is 5.91 Å². The first-order valence-electron chi connectivity index (χ1n) is 12.4. The van der Waals surface area contributed by atoms with Gasteiger partial charge in [-0.25, -0.2) is 4.79 Å². The van der Waals surface area contributed by atoms with Crippen LogP contribution in [0.5, 0.6) is 0 Å². The number of benzene rings is 4. The van der Waals surface area contributed by atoms with E-state index < -0.39 is 25.1 Å². The second-order valence-corrected chi connectivity index (χ2v) is 10.6. The monoisotopic (exact) mass is 531 g/mol. The van der Waals surface area contributed by atoms with Crippen LogP contribution in [0.3, 0.4) is 0 Å². The molecule has 0 aliphatic rings. The lowest BCUT2D eigenvalue weighted by Crippen LogP contribution is -2.24. The van der Waals surface area contributed by atoms with Gasteiger partial charge in [0, 0.05) is 11.8 Å². The lowest BCUT2D eigenvalue weighted by atomic mass is 10.0. The number of nitrogens with one attached hydrogen (secondary N) is 1. The molecule has 0 saturated carbocycles. The highest BCUT2D eigenvalue weighted by atomic mass is 31.2. The number of rotatable bonds is 10. The summed E-state index contributed by atoms with van der Waals surface area (Å²) < 4.78 is 30.3. The van der Waals surface area contributed by atoms with Crippen LogP contribution in [0, 0.1) is 0 Å². The largest absolute Gasteiger partial charge is 0.466 e. The van der Waals surface area contributed by atoms with E-state index in [1.807, 2.05) is 72.8 Å². The Morgan fingerprint density at radius 3 is 2.13 bits per heavy atom. The van der Waals surface area contributed by atoms with Crippen molar-refractivity contribution in [2.45, 2.75) is 19.5 Å². The van der Waals surface area contributed by atoms with Crippen molar-refractivity contribution in [3.8, 4) is 0 Å². The van der Waals surface area contributed by atoms with Crippen LogP contribution < -0.4 is 5.32 Å². The third-order valence-corrected chi connectivity index (χ3v) is 8.46. The number of amides is 1. The second kappa shape index (κ2) is 12.2. The predicted molar refractivity (Wildman–Crippen MR) is 151 cm³/mol. The Kier molecular flexibility index (Phi) is 8.74. The van der Waals surface area contributed by atoms with Gasteiger partial charge in [0.05, 0.1) is 20.3 Å². The fourth-order valence-corrected chi connectivity index (χ4v) is 6.43. The van der Waals surface area contributed by atoms with Gasteiger partial charge in [-0.3, -0.25) is 9.36 Å². The number of ether oxygens (including phenoxy) is 1. The molecule has 0 bridgehead atoms. The maximum absolute atomic E-state index is 14.2. The molecule has 1 amide bonds. The molecule has 0 fully saturated rings. The number of carbonyl (C=O) groups is 2. The summed E-state index contributed by atoms with van der Waals surface area (Å²) >= 11 is 0. The van der Waals surface area contributed by atoms with E-state index in [1.165, 1.54) is 13.2 Å². The molecule has 8 heteroatoms. The lowest BCUT2D eigenvalue weighted by molar-refractivity contribution is -0.134. The third-order valence-electron chi connectivity index (χ3n) is 6.08. The minimum Gasteiger partial charge on any atom is -0.466 e. The molecule has 1 N–H and O–H groups in total. The highest BCUT2D eigenvalue weighted by Crippen LogP contribution is 2.62. The molecule has 0 saturated heterocycles. The average molecular weight is 532 g/mol. The summed E-state index contributed by atoms with van der Waals surface area (Å²) in [5.74, 6) is -1.07. The van der Waals surface area contributed by atoms with E-state index in [4.69, 9.17) is 13.8 Å².